The van der Waals surface area contributed by atoms with Crippen molar-refractivity contribution in [2.75, 3.05) is 19.6 Å². The van der Waals surface area contributed by atoms with Gasteiger partial charge in [0.25, 0.3) is 0 Å². The lowest BCUT2D eigenvalue weighted by atomic mass is 9.77. The van der Waals surface area contributed by atoms with E-state index in [1.54, 1.807) is 0 Å². The molecular formula is C17H32N2. The normalized spacial score (nSPS) is 32.1. The first-order chi connectivity index (χ1) is 9.18. The standard InChI is InChI=1S/C17H32N2/c1-14(2)10-16-12-19(11-15-6-7-15)17(13-18-16)8-4-3-5-9-17/h14-16,18H,3-13H2,1-2H3. The van der Waals surface area contributed by atoms with Crippen molar-refractivity contribution in [3.05, 3.63) is 0 Å². The fourth-order valence-corrected chi connectivity index (χ4v) is 4.28. The lowest BCUT2D eigenvalue weighted by molar-refractivity contribution is 0.00327. The predicted octanol–water partition coefficient (Wildman–Crippen LogP) is 3.42. The van der Waals surface area contributed by atoms with Crippen LogP contribution in [0.25, 0.3) is 0 Å². The molecule has 1 aliphatic heterocycles. The lowest BCUT2D eigenvalue weighted by Crippen LogP contribution is -2.65. The maximum absolute atomic E-state index is 3.89. The second-order valence-electron chi connectivity index (χ2n) is 7.84. The van der Waals surface area contributed by atoms with Crippen molar-refractivity contribution in [3.8, 4) is 0 Å². The van der Waals surface area contributed by atoms with E-state index >= 15 is 0 Å². The van der Waals surface area contributed by atoms with E-state index in [-0.39, 0.29) is 0 Å². The van der Waals surface area contributed by atoms with Crippen LogP contribution in [0.5, 0.6) is 0 Å². The number of rotatable bonds is 4. The van der Waals surface area contributed by atoms with E-state index in [0.717, 1.165) is 17.9 Å². The summed E-state index contributed by atoms with van der Waals surface area (Å²) in [6, 6.07) is 0.742. The van der Waals surface area contributed by atoms with Gasteiger partial charge in [0.2, 0.25) is 0 Å². The summed E-state index contributed by atoms with van der Waals surface area (Å²) in [5, 5.41) is 3.89. The Morgan fingerprint density at radius 1 is 1.16 bits per heavy atom. The Kier molecular flexibility index (Phi) is 4.19. The van der Waals surface area contributed by atoms with Gasteiger partial charge in [-0.05, 0) is 43.9 Å². The van der Waals surface area contributed by atoms with Gasteiger partial charge >= 0.3 is 0 Å². The minimum Gasteiger partial charge on any atom is -0.311 e. The van der Waals surface area contributed by atoms with Gasteiger partial charge in [-0.1, -0.05) is 33.1 Å². The lowest BCUT2D eigenvalue weighted by Gasteiger charge is -2.52. The highest BCUT2D eigenvalue weighted by atomic mass is 15.3. The third-order valence-corrected chi connectivity index (χ3v) is 5.55. The van der Waals surface area contributed by atoms with Gasteiger partial charge in [0.15, 0.2) is 0 Å². The second kappa shape index (κ2) is 5.73. The first-order valence-corrected chi connectivity index (χ1v) is 8.66. The molecule has 2 saturated carbocycles. The van der Waals surface area contributed by atoms with E-state index in [4.69, 9.17) is 0 Å². The maximum Gasteiger partial charge on any atom is 0.0334 e. The zero-order chi connectivity index (χ0) is 13.3. The van der Waals surface area contributed by atoms with Crippen LogP contribution >= 0.6 is 0 Å². The highest BCUT2D eigenvalue weighted by Crippen LogP contribution is 2.39. The Morgan fingerprint density at radius 2 is 1.89 bits per heavy atom. The minimum absolute atomic E-state index is 0.536. The second-order valence-corrected chi connectivity index (χ2v) is 7.84. The molecule has 19 heavy (non-hydrogen) atoms. The quantitative estimate of drug-likeness (QED) is 0.837. The molecule has 0 aromatic carbocycles. The van der Waals surface area contributed by atoms with Crippen LogP contribution in [-0.2, 0) is 0 Å². The molecule has 1 N–H and O–H groups in total. The van der Waals surface area contributed by atoms with Crippen molar-refractivity contribution in [1.29, 1.82) is 0 Å². The molecule has 3 fully saturated rings. The van der Waals surface area contributed by atoms with Gasteiger partial charge < -0.3 is 5.32 Å². The van der Waals surface area contributed by atoms with Crippen LogP contribution in [0.1, 0.15) is 65.2 Å². The Balaban J connectivity index is 1.65. The zero-order valence-corrected chi connectivity index (χ0v) is 13.0. The fourth-order valence-electron chi connectivity index (χ4n) is 4.28. The molecule has 1 unspecified atom stereocenters. The number of piperazine rings is 1. The van der Waals surface area contributed by atoms with Gasteiger partial charge in [-0.15, -0.1) is 0 Å². The van der Waals surface area contributed by atoms with Crippen molar-refractivity contribution >= 4 is 0 Å². The number of nitrogens with one attached hydrogen (secondary N) is 1. The number of hydrogen-bond donors (Lipinski definition) is 1. The van der Waals surface area contributed by atoms with E-state index in [1.165, 1.54) is 71.0 Å². The highest BCUT2D eigenvalue weighted by Gasteiger charge is 2.43. The van der Waals surface area contributed by atoms with Crippen LogP contribution in [0, 0.1) is 11.8 Å². The topological polar surface area (TPSA) is 15.3 Å². The summed E-state index contributed by atoms with van der Waals surface area (Å²) in [7, 11) is 0. The number of nitrogens with zero attached hydrogens (tertiary/aromatic N) is 1. The molecule has 0 aromatic rings. The van der Waals surface area contributed by atoms with Crippen molar-refractivity contribution < 1.29 is 0 Å². The van der Waals surface area contributed by atoms with Crippen LogP contribution in [0.4, 0.5) is 0 Å². The zero-order valence-electron chi connectivity index (χ0n) is 13.0. The number of hydrogen-bond acceptors (Lipinski definition) is 2. The van der Waals surface area contributed by atoms with Gasteiger partial charge in [0.05, 0.1) is 0 Å². The van der Waals surface area contributed by atoms with Gasteiger partial charge in [-0.2, -0.15) is 0 Å². The van der Waals surface area contributed by atoms with Gasteiger partial charge in [0.1, 0.15) is 0 Å². The first kappa shape index (κ1) is 13.9. The molecule has 110 valence electrons. The smallest absolute Gasteiger partial charge is 0.0334 e. The minimum atomic E-state index is 0.536. The van der Waals surface area contributed by atoms with Crippen molar-refractivity contribution in [2.45, 2.75) is 76.8 Å². The van der Waals surface area contributed by atoms with E-state index < -0.39 is 0 Å². The Hall–Kier alpha value is -0.0800. The highest BCUT2D eigenvalue weighted by molar-refractivity contribution is 5.01. The molecule has 1 atom stereocenters. The Labute approximate surface area is 119 Å². The Morgan fingerprint density at radius 3 is 2.53 bits per heavy atom. The predicted molar refractivity (Wildman–Crippen MR) is 81.4 cm³/mol. The maximum atomic E-state index is 3.89. The molecule has 2 heteroatoms. The van der Waals surface area contributed by atoms with E-state index in [1.807, 2.05) is 0 Å². The average Bonchev–Trinajstić information content (AvgIpc) is 3.18. The molecule has 3 rings (SSSR count). The van der Waals surface area contributed by atoms with E-state index in [9.17, 15) is 0 Å². The van der Waals surface area contributed by atoms with E-state index in [0.29, 0.717) is 5.54 Å². The molecule has 0 bridgehead atoms. The SMILES string of the molecule is CC(C)CC1CN(CC2CC2)C2(CCCCC2)CN1. The average molecular weight is 264 g/mol. The summed E-state index contributed by atoms with van der Waals surface area (Å²) in [5.74, 6) is 1.86. The largest absolute Gasteiger partial charge is 0.311 e. The summed E-state index contributed by atoms with van der Waals surface area (Å²) in [6.45, 7) is 8.69. The van der Waals surface area contributed by atoms with Crippen LogP contribution < -0.4 is 5.32 Å². The molecular weight excluding hydrogens is 232 g/mol. The molecule has 1 spiro atoms. The first-order valence-electron chi connectivity index (χ1n) is 8.66. The van der Waals surface area contributed by atoms with Crippen molar-refractivity contribution in [1.82, 2.24) is 10.2 Å². The molecule has 2 aliphatic carbocycles. The molecule has 1 saturated heterocycles. The van der Waals surface area contributed by atoms with Gasteiger partial charge in [0, 0.05) is 31.2 Å². The third kappa shape index (κ3) is 3.33. The molecule has 3 aliphatic rings. The Bertz CT molecular complexity index is 290. The molecule has 2 nitrogen and oxygen atoms in total. The molecule has 0 radical (unpaired) electrons. The van der Waals surface area contributed by atoms with Gasteiger partial charge in [-0.25, -0.2) is 0 Å². The van der Waals surface area contributed by atoms with Crippen molar-refractivity contribution in [2.24, 2.45) is 11.8 Å². The van der Waals surface area contributed by atoms with Crippen molar-refractivity contribution in [3.63, 3.8) is 0 Å². The van der Waals surface area contributed by atoms with Crippen LogP contribution in [0.3, 0.4) is 0 Å². The summed E-state index contributed by atoms with van der Waals surface area (Å²) >= 11 is 0. The van der Waals surface area contributed by atoms with E-state index in [2.05, 4.69) is 24.1 Å². The third-order valence-electron chi connectivity index (χ3n) is 5.55. The van der Waals surface area contributed by atoms with Crippen LogP contribution in [-0.4, -0.2) is 36.1 Å². The van der Waals surface area contributed by atoms with Crippen LogP contribution in [0.2, 0.25) is 0 Å². The van der Waals surface area contributed by atoms with Gasteiger partial charge in [-0.3, -0.25) is 4.90 Å². The summed E-state index contributed by atoms with van der Waals surface area (Å²) < 4.78 is 0. The molecule has 0 amide bonds. The molecule has 0 aromatic heterocycles. The molecule has 1 heterocycles. The summed E-state index contributed by atoms with van der Waals surface area (Å²) in [6.07, 6.45) is 11.6. The summed E-state index contributed by atoms with van der Waals surface area (Å²) in [4.78, 5) is 2.92. The summed E-state index contributed by atoms with van der Waals surface area (Å²) in [5.41, 5.74) is 0.536. The monoisotopic (exact) mass is 264 g/mol. The fraction of sp³-hybridized carbons (Fsp3) is 1.00. The van der Waals surface area contributed by atoms with Crippen LogP contribution in [0.15, 0.2) is 0 Å².